The van der Waals surface area contributed by atoms with Gasteiger partial charge in [0.15, 0.2) is 6.61 Å². The molecule has 0 aliphatic heterocycles. The Balaban J connectivity index is 2.47. The van der Waals surface area contributed by atoms with Crippen LogP contribution in [0.15, 0.2) is 24.3 Å². The van der Waals surface area contributed by atoms with Crippen LogP contribution in [0.3, 0.4) is 0 Å². The lowest BCUT2D eigenvalue weighted by Crippen LogP contribution is -2.29. The van der Waals surface area contributed by atoms with Gasteiger partial charge >= 0.3 is 12.3 Å². The van der Waals surface area contributed by atoms with E-state index in [9.17, 15) is 22.8 Å². The maximum absolute atomic E-state index is 11.9. The predicted molar refractivity (Wildman–Crippen MR) is 77.9 cm³/mol. The van der Waals surface area contributed by atoms with Gasteiger partial charge in [-0.05, 0) is 31.8 Å². The van der Waals surface area contributed by atoms with Crippen molar-refractivity contribution in [3.63, 3.8) is 0 Å². The lowest BCUT2D eigenvalue weighted by molar-refractivity contribution is -0.160. The fourth-order valence-electron chi connectivity index (χ4n) is 1.62. The topological polar surface area (TPSA) is 70.7 Å². The Morgan fingerprint density at radius 1 is 1.26 bits per heavy atom. The van der Waals surface area contributed by atoms with E-state index in [2.05, 4.69) is 15.4 Å². The van der Waals surface area contributed by atoms with Crippen LogP contribution in [-0.2, 0) is 16.1 Å². The Morgan fingerprint density at radius 3 is 2.57 bits per heavy atom. The highest BCUT2D eigenvalue weighted by molar-refractivity contribution is 5.92. The second kappa shape index (κ2) is 8.37. The van der Waals surface area contributed by atoms with Gasteiger partial charge < -0.3 is 20.3 Å². The number of nitrogens with one attached hydrogen (secondary N) is 2. The molecule has 0 unspecified atom stereocenters. The van der Waals surface area contributed by atoms with Crippen molar-refractivity contribution in [3.05, 3.63) is 29.8 Å². The van der Waals surface area contributed by atoms with E-state index in [1.807, 2.05) is 0 Å². The van der Waals surface area contributed by atoms with E-state index in [1.165, 1.54) is 0 Å². The molecule has 0 aliphatic carbocycles. The summed E-state index contributed by atoms with van der Waals surface area (Å²) in [7, 11) is 3.51. The maximum atomic E-state index is 11.9. The highest BCUT2D eigenvalue weighted by Gasteiger charge is 2.29. The van der Waals surface area contributed by atoms with E-state index in [1.54, 1.807) is 43.3 Å². The van der Waals surface area contributed by atoms with Gasteiger partial charge in [-0.3, -0.25) is 4.79 Å². The number of ether oxygens (including phenoxy) is 1. The molecular formula is C14H18F3N3O3. The summed E-state index contributed by atoms with van der Waals surface area (Å²) in [5.74, 6) is -0.204. The smallest absolute Gasteiger partial charge is 0.422 e. The highest BCUT2D eigenvalue weighted by Crippen LogP contribution is 2.14. The summed E-state index contributed by atoms with van der Waals surface area (Å²) in [5, 5.41) is 4.88. The summed E-state index contributed by atoms with van der Waals surface area (Å²) >= 11 is 0. The molecule has 0 atom stereocenters. The van der Waals surface area contributed by atoms with Gasteiger partial charge in [-0.2, -0.15) is 13.2 Å². The number of halogens is 3. The van der Waals surface area contributed by atoms with Crippen molar-refractivity contribution in [3.8, 4) is 0 Å². The monoisotopic (exact) mass is 333 g/mol. The zero-order chi connectivity index (χ0) is 17.5. The molecule has 0 saturated carbocycles. The molecule has 128 valence electrons. The molecule has 0 radical (unpaired) electrons. The van der Waals surface area contributed by atoms with Crippen LogP contribution in [0.2, 0.25) is 0 Å². The lowest BCUT2D eigenvalue weighted by Gasteiger charge is -2.12. The molecule has 2 N–H and O–H groups in total. The number of carbonyl (C=O) groups excluding carboxylic acids is 2. The Labute approximate surface area is 131 Å². The Kier molecular flexibility index (Phi) is 6.83. The van der Waals surface area contributed by atoms with Crippen molar-refractivity contribution < 1.29 is 27.5 Å². The summed E-state index contributed by atoms with van der Waals surface area (Å²) in [6.07, 6.45) is -5.72. The molecule has 9 heteroatoms. The summed E-state index contributed by atoms with van der Waals surface area (Å²) in [4.78, 5) is 24.5. The van der Waals surface area contributed by atoms with Gasteiger partial charge in [0.05, 0.1) is 6.54 Å². The van der Waals surface area contributed by atoms with Crippen LogP contribution in [0.4, 0.5) is 23.7 Å². The number of benzene rings is 1. The van der Waals surface area contributed by atoms with Crippen LogP contribution in [0, 0.1) is 0 Å². The van der Waals surface area contributed by atoms with Crippen molar-refractivity contribution in [2.45, 2.75) is 12.7 Å². The fourth-order valence-corrected chi connectivity index (χ4v) is 1.62. The normalized spacial score (nSPS) is 11.2. The zero-order valence-electron chi connectivity index (χ0n) is 12.7. The van der Waals surface area contributed by atoms with E-state index >= 15 is 0 Å². The summed E-state index contributed by atoms with van der Waals surface area (Å²) in [5.41, 5.74) is 1.14. The zero-order valence-corrected chi connectivity index (χ0v) is 12.7. The number of hydrogen-bond donors (Lipinski definition) is 2. The quantitative estimate of drug-likeness (QED) is 0.835. The van der Waals surface area contributed by atoms with Crippen LogP contribution < -0.4 is 10.6 Å². The minimum atomic E-state index is -4.56. The summed E-state index contributed by atoms with van der Waals surface area (Å²) < 4.78 is 39.7. The number of carbonyl (C=O) groups is 2. The van der Waals surface area contributed by atoms with E-state index in [0.29, 0.717) is 11.3 Å². The average molecular weight is 333 g/mol. The van der Waals surface area contributed by atoms with Crippen molar-refractivity contribution in [2.75, 3.05) is 32.6 Å². The first-order valence-corrected chi connectivity index (χ1v) is 6.66. The van der Waals surface area contributed by atoms with Crippen LogP contribution in [0.5, 0.6) is 0 Å². The lowest BCUT2D eigenvalue weighted by atomic mass is 10.2. The Bertz CT molecular complexity index is 548. The molecule has 0 spiro atoms. The van der Waals surface area contributed by atoms with Gasteiger partial charge in [0.25, 0.3) is 0 Å². The second-order valence-corrected chi connectivity index (χ2v) is 5.03. The molecule has 0 fully saturated rings. The standard InChI is InChI=1S/C14H18F3N3O3/c1-20(2)8-12(21)19-11-5-3-4-10(6-11)7-18-13(22)23-9-14(15,16)17/h3-6H,7-9H2,1-2H3,(H,18,22)(H,19,21). The Morgan fingerprint density at radius 2 is 1.96 bits per heavy atom. The van der Waals surface area contributed by atoms with Gasteiger partial charge in [-0.1, -0.05) is 12.1 Å². The molecule has 1 aromatic rings. The first-order valence-electron chi connectivity index (χ1n) is 6.66. The Hall–Kier alpha value is -2.29. The number of nitrogens with zero attached hydrogens (tertiary/aromatic N) is 1. The second-order valence-electron chi connectivity index (χ2n) is 5.03. The SMILES string of the molecule is CN(C)CC(=O)Nc1cccc(CNC(=O)OCC(F)(F)F)c1. The van der Waals surface area contributed by atoms with Gasteiger partial charge in [0.2, 0.25) is 5.91 Å². The van der Waals surface area contributed by atoms with Crippen molar-refractivity contribution in [1.82, 2.24) is 10.2 Å². The molecule has 0 aromatic heterocycles. The highest BCUT2D eigenvalue weighted by atomic mass is 19.4. The molecule has 1 rings (SSSR count). The molecule has 0 aliphatic rings. The van der Waals surface area contributed by atoms with E-state index in [0.717, 1.165) is 0 Å². The molecule has 0 bridgehead atoms. The van der Waals surface area contributed by atoms with Crippen LogP contribution in [-0.4, -0.2) is 50.3 Å². The molecule has 0 saturated heterocycles. The molecule has 1 aromatic carbocycles. The van der Waals surface area contributed by atoms with Crippen molar-refractivity contribution in [1.29, 1.82) is 0 Å². The number of hydrogen-bond acceptors (Lipinski definition) is 4. The van der Waals surface area contributed by atoms with Crippen molar-refractivity contribution >= 4 is 17.7 Å². The van der Waals surface area contributed by atoms with Gasteiger partial charge in [0.1, 0.15) is 0 Å². The van der Waals surface area contributed by atoms with E-state index in [4.69, 9.17) is 0 Å². The van der Waals surface area contributed by atoms with Gasteiger partial charge in [-0.15, -0.1) is 0 Å². The fraction of sp³-hybridized carbons (Fsp3) is 0.429. The maximum Gasteiger partial charge on any atom is 0.422 e. The number of anilines is 1. The first-order chi connectivity index (χ1) is 10.7. The minimum absolute atomic E-state index is 0.0198. The number of amides is 2. The summed E-state index contributed by atoms with van der Waals surface area (Å²) in [6, 6.07) is 6.59. The van der Waals surface area contributed by atoms with E-state index < -0.39 is 18.9 Å². The minimum Gasteiger partial charge on any atom is -0.440 e. The first kappa shape index (κ1) is 18.8. The number of alkyl carbamates (subject to hydrolysis) is 1. The van der Waals surface area contributed by atoms with Crippen LogP contribution in [0.25, 0.3) is 0 Å². The predicted octanol–water partition coefficient (Wildman–Crippen LogP) is 1.98. The number of rotatable bonds is 6. The average Bonchev–Trinajstić information content (AvgIpc) is 2.41. The third kappa shape index (κ3) is 8.67. The number of likely N-dealkylation sites (N-methyl/N-ethyl adjacent to an activating group) is 1. The molecule has 23 heavy (non-hydrogen) atoms. The number of alkyl halides is 3. The van der Waals surface area contributed by atoms with Gasteiger partial charge in [-0.25, -0.2) is 4.79 Å². The molecular weight excluding hydrogens is 315 g/mol. The van der Waals surface area contributed by atoms with Crippen LogP contribution in [0.1, 0.15) is 5.56 Å². The van der Waals surface area contributed by atoms with Crippen LogP contribution >= 0.6 is 0 Å². The third-order valence-electron chi connectivity index (χ3n) is 2.47. The van der Waals surface area contributed by atoms with E-state index in [-0.39, 0.29) is 19.0 Å². The summed E-state index contributed by atoms with van der Waals surface area (Å²) in [6.45, 7) is -1.44. The largest absolute Gasteiger partial charge is 0.440 e. The third-order valence-corrected chi connectivity index (χ3v) is 2.47. The molecule has 6 nitrogen and oxygen atoms in total. The van der Waals surface area contributed by atoms with Gasteiger partial charge in [0, 0.05) is 12.2 Å². The molecule has 2 amide bonds. The van der Waals surface area contributed by atoms with Crippen molar-refractivity contribution in [2.24, 2.45) is 0 Å². The molecule has 0 heterocycles.